The third-order valence-corrected chi connectivity index (χ3v) is 6.62. The fourth-order valence-electron chi connectivity index (χ4n) is 4.28. The van der Waals surface area contributed by atoms with Crippen LogP contribution in [0.1, 0.15) is 30.5 Å². The Labute approximate surface area is 164 Å². The number of aryl methyl sites for hydroxylation is 1. The smallest absolute Gasteiger partial charge is 0.294 e. The van der Waals surface area contributed by atoms with Crippen LogP contribution in [0.15, 0.2) is 47.4 Å². The number of aliphatic hydroxyl groups is 1. The normalized spacial score (nSPS) is 22.1. The number of aliphatic hydroxyl groups excluding tert-OH is 1. The maximum absolute atomic E-state index is 11.4. The van der Waals surface area contributed by atoms with E-state index >= 15 is 0 Å². The third kappa shape index (κ3) is 2.57. The van der Waals surface area contributed by atoms with Crippen molar-refractivity contribution in [2.45, 2.75) is 36.8 Å². The van der Waals surface area contributed by atoms with Crippen LogP contribution in [0.4, 0.5) is 5.69 Å². The molecule has 2 heterocycles. The molecule has 28 heavy (non-hydrogen) atoms. The van der Waals surface area contributed by atoms with Crippen LogP contribution in [0, 0.1) is 6.92 Å². The lowest BCUT2D eigenvalue weighted by atomic mass is 9.76. The molecule has 2 aromatic rings. The molecule has 6 nitrogen and oxygen atoms in total. The first-order valence-corrected chi connectivity index (χ1v) is 10.5. The van der Waals surface area contributed by atoms with Crippen LogP contribution in [-0.4, -0.2) is 37.0 Å². The summed E-state index contributed by atoms with van der Waals surface area (Å²) in [5, 5.41) is 9.70. The van der Waals surface area contributed by atoms with Gasteiger partial charge in [0.25, 0.3) is 10.1 Å². The van der Waals surface area contributed by atoms with E-state index < -0.39 is 21.3 Å². The van der Waals surface area contributed by atoms with Gasteiger partial charge in [0, 0.05) is 17.8 Å². The monoisotopic (exact) mass is 401 g/mol. The second kappa shape index (κ2) is 6.07. The average molecular weight is 401 g/mol. The minimum absolute atomic E-state index is 0.0309. The van der Waals surface area contributed by atoms with Gasteiger partial charge in [-0.25, -0.2) is 0 Å². The van der Waals surface area contributed by atoms with E-state index in [1.165, 1.54) is 12.1 Å². The van der Waals surface area contributed by atoms with E-state index in [1.807, 2.05) is 31.2 Å². The van der Waals surface area contributed by atoms with Gasteiger partial charge in [0.1, 0.15) is 5.75 Å². The van der Waals surface area contributed by atoms with Crippen LogP contribution in [0.25, 0.3) is 6.08 Å². The fourth-order valence-corrected chi connectivity index (χ4v) is 4.79. The second-order valence-corrected chi connectivity index (χ2v) is 9.25. The molecule has 148 valence electrons. The predicted octanol–water partition coefficient (Wildman–Crippen LogP) is 3.13. The number of rotatable bonds is 3. The van der Waals surface area contributed by atoms with E-state index in [-0.39, 0.29) is 11.5 Å². The molecule has 0 aromatic heterocycles. The molecule has 0 saturated carbocycles. The zero-order valence-corrected chi connectivity index (χ0v) is 16.8. The zero-order valence-electron chi connectivity index (χ0n) is 16.0. The zero-order chi connectivity index (χ0) is 20.3. The maximum atomic E-state index is 11.4. The Kier molecular flexibility index (Phi) is 4.12. The van der Waals surface area contributed by atoms with Gasteiger partial charge in [-0.2, -0.15) is 8.42 Å². The van der Waals surface area contributed by atoms with Gasteiger partial charge >= 0.3 is 0 Å². The molecule has 0 radical (unpaired) electrons. The molecule has 7 heteroatoms. The molecule has 0 bridgehead atoms. The Morgan fingerprint density at radius 3 is 2.57 bits per heavy atom. The Balaban J connectivity index is 1.87. The van der Waals surface area contributed by atoms with Gasteiger partial charge < -0.3 is 14.7 Å². The first-order valence-electron chi connectivity index (χ1n) is 9.09. The summed E-state index contributed by atoms with van der Waals surface area (Å²) in [6, 6.07) is 10.5. The van der Waals surface area contributed by atoms with Crippen LogP contribution in [0.3, 0.4) is 0 Å². The molecule has 0 amide bonds. The first-order chi connectivity index (χ1) is 13.1. The van der Waals surface area contributed by atoms with E-state index in [2.05, 4.69) is 24.8 Å². The van der Waals surface area contributed by atoms with Crippen molar-refractivity contribution in [2.75, 3.05) is 18.1 Å². The van der Waals surface area contributed by atoms with E-state index in [0.29, 0.717) is 17.9 Å². The number of anilines is 1. The number of β-amino-alcohol motifs (C(OH)–C–C–N with tert-alkyl or cyclic N) is 1. The molecular weight excluding hydrogens is 378 g/mol. The summed E-state index contributed by atoms with van der Waals surface area (Å²) in [6.45, 7) is 6.61. The largest absolute Gasteiger partial charge is 0.463 e. The highest BCUT2D eigenvalue weighted by Crippen LogP contribution is 2.55. The van der Waals surface area contributed by atoms with Crippen molar-refractivity contribution in [1.82, 2.24) is 0 Å². The maximum Gasteiger partial charge on any atom is 0.294 e. The van der Waals surface area contributed by atoms with Crippen molar-refractivity contribution in [3.8, 4) is 5.75 Å². The topological polar surface area (TPSA) is 87.1 Å². The van der Waals surface area contributed by atoms with Crippen molar-refractivity contribution < 1.29 is 22.8 Å². The molecule has 1 spiro atoms. The third-order valence-electron chi connectivity index (χ3n) is 5.77. The molecule has 2 aliphatic heterocycles. The molecule has 0 saturated heterocycles. The van der Waals surface area contributed by atoms with E-state index in [4.69, 9.17) is 4.74 Å². The highest BCUT2D eigenvalue weighted by molar-refractivity contribution is 7.85. The highest BCUT2D eigenvalue weighted by Gasteiger charge is 2.58. The van der Waals surface area contributed by atoms with Crippen molar-refractivity contribution >= 4 is 21.9 Å². The molecule has 1 atom stereocenters. The van der Waals surface area contributed by atoms with Crippen molar-refractivity contribution in [1.29, 1.82) is 0 Å². The Hall–Kier alpha value is -2.35. The van der Waals surface area contributed by atoms with E-state index in [9.17, 15) is 18.1 Å². The lowest BCUT2D eigenvalue weighted by Crippen LogP contribution is -2.60. The Morgan fingerprint density at radius 2 is 1.89 bits per heavy atom. The summed E-state index contributed by atoms with van der Waals surface area (Å²) < 4.78 is 38.7. The molecular formula is C21H23NO5S. The standard InChI is InChI=1S/C21H23NO5S/c1-14-4-6-18-17(12-14)20(2,3)21(22(18)10-11-23)9-8-15-13-16(28(24,25)26)5-7-19(15)27-21/h4-9,12-13,23H,10-11H2,1-3H3,(H,24,25,26)/t21-/m1/s1. The van der Waals surface area contributed by atoms with Gasteiger partial charge in [0.05, 0.1) is 16.9 Å². The SMILES string of the molecule is Cc1ccc2c(c1)C(C)(C)[C@]1(C=Cc3cc(S(=O)(=O)O)ccc3O1)N2CCO. The molecule has 0 fully saturated rings. The van der Waals surface area contributed by atoms with Gasteiger partial charge in [-0.3, -0.25) is 4.55 Å². The number of benzene rings is 2. The minimum atomic E-state index is -4.29. The number of ether oxygens (including phenoxy) is 1. The Bertz CT molecular complexity index is 1090. The average Bonchev–Trinajstić information content (AvgIpc) is 2.79. The fraction of sp³-hybridized carbons (Fsp3) is 0.333. The molecule has 4 rings (SSSR count). The van der Waals surface area contributed by atoms with Crippen LogP contribution >= 0.6 is 0 Å². The van der Waals surface area contributed by atoms with Crippen molar-refractivity contribution in [3.63, 3.8) is 0 Å². The van der Waals surface area contributed by atoms with Crippen molar-refractivity contribution in [3.05, 3.63) is 59.2 Å². The summed E-state index contributed by atoms with van der Waals surface area (Å²) in [6.07, 6.45) is 3.73. The molecule has 2 aliphatic rings. The lowest BCUT2D eigenvalue weighted by Gasteiger charge is -2.47. The summed E-state index contributed by atoms with van der Waals surface area (Å²) in [5.74, 6) is 0.524. The second-order valence-electron chi connectivity index (χ2n) is 7.83. The van der Waals surface area contributed by atoms with Crippen LogP contribution in [0.2, 0.25) is 0 Å². The van der Waals surface area contributed by atoms with Crippen LogP contribution in [0.5, 0.6) is 5.75 Å². The quantitative estimate of drug-likeness (QED) is 0.769. The molecule has 0 unspecified atom stereocenters. The minimum Gasteiger partial charge on any atom is -0.463 e. The van der Waals surface area contributed by atoms with Crippen LogP contribution < -0.4 is 9.64 Å². The highest BCUT2D eigenvalue weighted by atomic mass is 32.2. The first kappa shape index (κ1) is 19.0. The number of nitrogens with zero attached hydrogens (tertiary/aromatic N) is 1. The Morgan fingerprint density at radius 1 is 1.14 bits per heavy atom. The van der Waals surface area contributed by atoms with E-state index in [1.54, 1.807) is 6.07 Å². The molecule has 2 N–H and O–H groups in total. The number of hydrogen-bond acceptors (Lipinski definition) is 5. The predicted molar refractivity (Wildman–Crippen MR) is 107 cm³/mol. The number of hydrogen-bond donors (Lipinski definition) is 2. The summed E-state index contributed by atoms with van der Waals surface area (Å²) in [5.41, 5.74) is 2.56. The lowest BCUT2D eigenvalue weighted by molar-refractivity contribution is 0.0504. The van der Waals surface area contributed by atoms with Gasteiger partial charge in [-0.1, -0.05) is 17.7 Å². The van der Waals surface area contributed by atoms with Gasteiger partial charge in [0.15, 0.2) is 0 Å². The summed E-state index contributed by atoms with van der Waals surface area (Å²) >= 11 is 0. The number of fused-ring (bicyclic) bond motifs is 2. The van der Waals surface area contributed by atoms with Gasteiger partial charge in [-0.05, 0) is 62.8 Å². The van der Waals surface area contributed by atoms with Gasteiger partial charge in [-0.15, -0.1) is 0 Å². The summed E-state index contributed by atoms with van der Waals surface area (Å²) in [4.78, 5) is 1.88. The van der Waals surface area contributed by atoms with E-state index in [0.717, 1.165) is 16.8 Å². The summed E-state index contributed by atoms with van der Waals surface area (Å²) in [7, 11) is -4.29. The van der Waals surface area contributed by atoms with Crippen molar-refractivity contribution in [2.24, 2.45) is 0 Å². The van der Waals surface area contributed by atoms with Crippen LogP contribution in [-0.2, 0) is 15.5 Å². The molecule has 2 aromatic carbocycles. The molecule has 0 aliphatic carbocycles. The van der Waals surface area contributed by atoms with Gasteiger partial charge in [0.2, 0.25) is 5.72 Å².